The molecule has 0 aromatic carbocycles. The van der Waals surface area contributed by atoms with E-state index in [1.165, 1.54) is 64.2 Å². The summed E-state index contributed by atoms with van der Waals surface area (Å²) in [5.41, 5.74) is 0. The van der Waals surface area contributed by atoms with Gasteiger partial charge in [-0.3, -0.25) is 0 Å². The summed E-state index contributed by atoms with van der Waals surface area (Å²) in [6, 6.07) is 0. The van der Waals surface area contributed by atoms with E-state index in [1.54, 1.807) is 0 Å². The Morgan fingerprint density at radius 2 is 1.19 bits per heavy atom. The molecule has 156 valence electrons. The molecule has 1 heterocycles. The van der Waals surface area contributed by atoms with E-state index in [0.29, 0.717) is 6.61 Å². The fourth-order valence-corrected chi connectivity index (χ4v) is 3.35. The predicted molar refractivity (Wildman–Crippen MR) is 101 cm³/mol. The lowest BCUT2D eigenvalue weighted by Gasteiger charge is -2.39. The predicted octanol–water partition coefficient (Wildman–Crippen LogP) is 2.50. The molecular weight excluding hydrogens is 336 g/mol. The van der Waals surface area contributed by atoms with Gasteiger partial charge in [0.25, 0.3) is 0 Å². The average molecular weight is 377 g/mol. The van der Waals surface area contributed by atoms with Gasteiger partial charge < -0.3 is 29.9 Å². The first kappa shape index (κ1) is 23.8. The number of rotatable bonds is 15. The monoisotopic (exact) mass is 376 g/mol. The Morgan fingerprint density at radius 1 is 0.692 bits per heavy atom. The first-order chi connectivity index (χ1) is 12.6. The molecule has 0 aliphatic carbocycles. The Labute approximate surface area is 158 Å². The highest BCUT2D eigenvalue weighted by atomic mass is 16.7. The fourth-order valence-electron chi connectivity index (χ4n) is 3.35. The molecule has 5 atom stereocenters. The van der Waals surface area contributed by atoms with Gasteiger partial charge in [-0.1, -0.05) is 77.6 Å². The van der Waals surface area contributed by atoms with Crippen LogP contribution in [0.4, 0.5) is 0 Å². The van der Waals surface area contributed by atoms with Crippen molar-refractivity contribution in [2.45, 2.75) is 115 Å². The van der Waals surface area contributed by atoms with Gasteiger partial charge in [-0.25, -0.2) is 0 Å². The van der Waals surface area contributed by atoms with E-state index in [0.717, 1.165) is 12.8 Å². The summed E-state index contributed by atoms with van der Waals surface area (Å²) >= 11 is 0. The van der Waals surface area contributed by atoms with E-state index >= 15 is 0 Å². The van der Waals surface area contributed by atoms with Crippen molar-refractivity contribution >= 4 is 0 Å². The van der Waals surface area contributed by atoms with E-state index < -0.39 is 37.3 Å². The molecule has 1 aliphatic rings. The zero-order valence-electron chi connectivity index (χ0n) is 16.4. The van der Waals surface area contributed by atoms with E-state index in [9.17, 15) is 15.3 Å². The molecule has 1 rings (SSSR count). The Hall–Kier alpha value is -0.240. The van der Waals surface area contributed by atoms with Crippen LogP contribution in [0.2, 0.25) is 0 Å². The Balaban J connectivity index is 1.95. The second-order valence-corrected chi connectivity index (χ2v) is 7.46. The van der Waals surface area contributed by atoms with Crippen LogP contribution in [0.5, 0.6) is 0 Å². The normalized spacial score (nSPS) is 29.2. The summed E-state index contributed by atoms with van der Waals surface area (Å²) in [7, 11) is 0. The van der Waals surface area contributed by atoms with Crippen LogP contribution in [0.25, 0.3) is 0 Å². The van der Waals surface area contributed by atoms with Crippen molar-refractivity contribution in [3.8, 4) is 0 Å². The van der Waals surface area contributed by atoms with Gasteiger partial charge in [0.05, 0.1) is 6.61 Å². The first-order valence-electron chi connectivity index (χ1n) is 10.5. The van der Waals surface area contributed by atoms with Gasteiger partial charge in [-0.05, 0) is 6.42 Å². The van der Waals surface area contributed by atoms with Crippen LogP contribution in [-0.4, -0.2) is 64.3 Å². The van der Waals surface area contributed by atoms with Crippen molar-refractivity contribution in [1.29, 1.82) is 0 Å². The van der Waals surface area contributed by atoms with Crippen molar-refractivity contribution in [2.75, 3.05) is 13.2 Å². The average Bonchev–Trinajstić information content (AvgIpc) is 2.65. The topological polar surface area (TPSA) is 99.4 Å². The molecular formula is C20H40O6. The number of aliphatic hydroxyl groups is 4. The van der Waals surface area contributed by atoms with Crippen molar-refractivity contribution in [3.63, 3.8) is 0 Å². The third-order valence-corrected chi connectivity index (χ3v) is 5.13. The summed E-state index contributed by atoms with van der Waals surface area (Å²) in [4.78, 5) is 0. The zero-order valence-corrected chi connectivity index (χ0v) is 16.4. The number of ether oxygens (including phenoxy) is 2. The highest BCUT2D eigenvalue weighted by Crippen LogP contribution is 2.22. The molecule has 0 aromatic heterocycles. The summed E-state index contributed by atoms with van der Waals surface area (Å²) in [6.45, 7) is 2.25. The summed E-state index contributed by atoms with van der Waals surface area (Å²) < 4.78 is 10.8. The van der Waals surface area contributed by atoms with E-state index in [2.05, 4.69) is 6.92 Å². The Kier molecular flexibility index (Phi) is 13.5. The van der Waals surface area contributed by atoms with Gasteiger partial charge in [0, 0.05) is 6.61 Å². The highest BCUT2D eigenvalue weighted by Gasteiger charge is 2.43. The van der Waals surface area contributed by atoms with Crippen molar-refractivity contribution < 1.29 is 29.9 Å². The maximum atomic E-state index is 9.87. The molecule has 4 N–H and O–H groups in total. The van der Waals surface area contributed by atoms with E-state index in [-0.39, 0.29) is 0 Å². The van der Waals surface area contributed by atoms with Gasteiger partial charge in [0.1, 0.15) is 24.4 Å². The molecule has 26 heavy (non-hydrogen) atoms. The van der Waals surface area contributed by atoms with Gasteiger partial charge >= 0.3 is 0 Å². The SMILES string of the molecule is CCCCCCCCCCCCCCO[C@@H]1O[C@H](CO)[C@@H](O)[C@H](O)[C@H]1O. The standard InChI is InChI=1S/C20H40O6/c1-2-3-4-5-6-7-8-9-10-11-12-13-14-25-20-19(24)18(23)17(22)16(15-21)26-20/h16-24H,2-15H2,1H3/t16-,17-,18+,19-,20-/m1/s1. The number of hydrogen-bond donors (Lipinski definition) is 4. The van der Waals surface area contributed by atoms with Crippen LogP contribution < -0.4 is 0 Å². The van der Waals surface area contributed by atoms with Gasteiger partial charge in [-0.15, -0.1) is 0 Å². The van der Waals surface area contributed by atoms with Gasteiger partial charge in [-0.2, -0.15) is 0 Å². The minimum absolute atomic E-state index is 0.427. The van der Waals surface area contributed by atoms with Crippen LogP contribution in [-0.2, 0) is 9.47 Å². The quantitative estimate of drug-likeness (QED) is 0.328. The van der Waals surface area contributed by atoms with E-state index in [1.807, 2.05) is 0 Å². The maximum absolute atomic E-state index is 9.87. The molecule has 0 unspecified atom stereocenters. The minimum atomic E-state index is -1.37. The first-order valence-corrected chi connectivity index (χ1v) is 10.5. The second kappa shape index (κ2) is 14.8. The second-order valence-electron chi connectivity index (χ2n) is 7.46. The smallest absolute Gasteiger partial charge is 0.186 e. The molecule has 6 heteroatoms. The minimum Gasteiger partial charge on any atom is -0.394 e. The van der Waals surface area contributed by atoms with E-state index in [4.69, 9.17) is 14.6 Å². The zero-order chi connectivity index (χ0) is 19.2. The summed E-state index contributed by atoms with van der Waals surface area (Å²) in [6.07, 6.45) is 9.21. The fraction of sp³-hybridized carbons (Fsp3) is 1.00. The lowest BCUT2D eigenvalue weighted by Crippen LogP contribution is -2.59. The van der Waals surface area contributed by atoms with Crippen molar-refractivity contribution in [1.82, 2.24) is 0 Å². The largest absolute Gasteiger partial charge is 0.394 e. The molecule has 0 amide bonds. The highest BCUT2D eigenvalue weighted by molar-refractivity contribution is 4.88. The number of aliphatic hydroxyl groups excluding tert-OH is 4. The van der Waals surface area contributed by atoms with Crippen LogP contribution >= 0.6 is 0 Å². The molecule has 0 aromatic rings. The maximum Gasteiger partial charge on any atom is 0.186 e. The summed E-state index contributed by atoms with van der Waals surface area (Å²) in [5, 5.41) is 38.4. The third kappa shape index (κ3) is 9.11. The van der Waals surface area contributed by atoms with Crippen molar-refractivity contribution in [2.24, 2.45) is 0 Å². The van der Waals surface area contributed by atoms with Crippen molar-refractivity contribution in [3.05, 3.63) is 0 Å². The molecule has 0 spiro atoms. The van der Waals surface area contributed by atoms with Gasteiger partial charge in [0.2, 0.25) is 0 Å². The molecule has 6 nitrogen and oxygen atoms in total. The summed E-state index contributed by atoms with van der Waals surface area (Å²) in [5.74, 6) is 0. The Morgan fingerprint density at radius 3 is 1.69 bits per heavy atom. The van der Waals surface area contributed by atoms with Crippen LogP contribution in [0.3, 0.4) is 0 Å². The molecule has 0 radical (unpaired) electrons. The molecule has 1 fully saturated rings. The van der Waals surface area contributed by atoms with Crippen LogP contribution in [0.1, 0.15) is 84.0 Å². The van der Waals surface area contributed by atoms with Gasteiger partial charge in [0.15, 0.2) is 6.29 Å². The third-order valence-electron chi connectivity index (χ3n) is 5.13. The van der Waals surface area contributed by atoms with Crippen LogP contribution in [0, 0.1) is 0 Å². The number of hydrogen-bond acceptors (Lipinski definition) is 6. The lowest BCUT2D eigenvalue weighted by molar-refractivity contribution is -0.301. The molecule has 0 saturated carbocycles. The van der Waals surface area contributed by atoms with Crippen LogP contribution in [0.15, 0.2) is 0 Å². The molecule has 1 saturated heterocycles. The Bertz CT molecular complexity index is 325. The molecule has 1 aliphatic heterocycles. The number of unbranched alkanes of at least 4 members (excludes halogenated alkanes) is 11. The lowest BCUT2D eigenvalue weighted by atomic mass is 9.99. The molecule has 0 bridgehead atoms.